The summed E-state index contributed by atoms with van der Waals surface area (Å²) in [5, 5.41) is 0. The zero-order valence-corrected chi connectivity index (χ0v) is 22.2. The molecule has 2 N–H and O–H groups in total. The van der Waals surface area contributed by atoms with E-state index in [2.05, 4.69) is 45.7 Å². The van der Waals surface area contributed by atoms with Gasteiger partial charge in [0.25, 0.3) is 0 Å². The van der Waals surface area contributed by atoms with Crippen LogP contribution in [0.5, 0.6) is 0 Å². The van der Waals surface area contributed by atoms with E-state index in [-0.39, 0.29) is 17.5 Å². The van der Waals surface area contributed by atoms with E-state index >= 15 is 0 Å². The number of hydrogen-bond donors (Lipinski definition) is 1. The molecule has 6 rings (SSSR count). The van der Waals surface area contributed by atoms with Crippen LogP contribution in [0.4, 0.5) is 16.2 Å². The lowest BCUT2D eigenvalue weighted by Gasteiger charge is -2.35. The van der Waals surface area contributed by atoms with Gasteiger partial charge in [-0.3, -0.25) is 9.69 Å². The number of fused-ring (bicyclic) bond motifs is 3. The molecule has 0 radical (unpaired) electrons. The molecule has 1 fully saturated rings. The first-order chi connectivity index (χ1) is 18.9. The van der Waals surface area contributed by atoms with Crippen LogP contribution >= 0.6 is 0 Å². The maximum Gasteiger partial charge on any atom is 0.221 e. The number of carbonyl (C=O) groups is 1. The first-order valence-corrected chi connectivity index (χ1v) is 13.4. The number of benzene rings is 2. The molecule has 4 aromatic rings. The summed E-state index contributed by atoms with van der Waals surface area (Å²) in [6.07, 6.45) is 3.09. The van der Waals surface area contributed by atoms with Gasteiger partial charge in [-0.2, -0.15) is 0 Å². The number of nitrogen functional groups attached to an aromatic ring is 1. The Kier molecular flexibility index (Phi) is 6.56. The Morgan fingerprint density at radius 2 is 1.56 bits per heavy atom. The number of aromatic nitrogens is 3. The summed E-state index contributed by atoms with van der Waals surface area (Å²) in [7, 11) is 0. The quantitative estimate of drug-likeness (QED) is 0.323. The molecule has 2 aromatic carbocycles. The molecule has 2 aliphatic rings. The second-order valence-corrected chi connectivity index (χ2v) is 10.6. The number of pyridine rings is 1. The predicted octanol–water partition coefficient (Wildman–Crippen LogP) is 5.31. The van der Waals surface area contributed by atoms with Gasteiger partial charge in [-0.15, -0.1) is 0 Å². The first-order valence-electron chi connectivity index (χ1n) is 13.4. The molecule has 198 valence electrons. The van der Waals surface area contributed by atoms with E-state index in [1.165, 1.54) is 18.6 Å². The van der Waals surface area contributed by atoms with Gasteiger partial charge in [-0.05, 0) is 60.8 Å². The zero-order chi connectivity index (χ0) is 27.1. The van der Waals surface area contributed by atoms with Gasteiger partial charge in [0, 0.05) is 54.6 Å². The highest BCUT2D eigenvalue weighted by Gasteiger charge is 2.34. The predicted molar refractivity (Wildman–Crippen MR) is 152 cm³/mol. The van der Waals surface area contributed by atoms with Crippen molar-refractivity contribution < 1.29 is 9.18 Å². The van der Waals surface area contributed by atoms with Crippen molar-refractivity contribution in [1.29, 1.82) is 0 Å². The van der Waals surface area contributed by atoms with E-state index in [1.807, 2.05) is 18.3 Å². The molecule has 1 aliphatic carbocycles. The average Bonchev–Trinajstić information content (AvgIpc) is 3.24. The monoisotopic (exact) mass is 522 g/mol. The summed E-state index contributed by atoms with van der Waals surface area (Å²) >= 11 is 0. The van der Waals surface area contributed by atoms with Crippen LogP contribution in [-0.2, 0) is 0 Å². The molecule has 0 amide bonds. The molecule has 0 atom stereocenters. The number of nitrogens with zero attached hydrogens (tertiary/aromatic N) is 5. The second kappa shape index (κ2) is 10.2. The first kappa shape index (κ1) is 25.1. The summed E-state index contributed by atoms with van der Waals surface area (Å²) in [6.45, 7) is 9.67. The Labute approximate surface area is 227 Å². The molecule has 7 nitrogen and oxygen atoms in total. The molecule has 1 saturated heterocycles. The van der Waals surface area contributed by atoms with Gasteiger partial charge < -0.3 is 10.6 Å². The van der Waals surface area contributed by atoms with E-state index in [1.54, 1.807) is 18.2 Å². The third-order valence-corrected chi connectivity index (χ3v) is 7.59. The normalized spacial score (nSPS) is 15.1. The highest BCUT2D eigenvalue weighted by Crippen LogP contribution is 2.45. The third kappa shape index (κ3) is 4.76. The fourth-order valence-corrected chi connectivity index (χ4v) is 5.44. The topological polar surface area (TPSA) is 88.2 Å². The maximum atomic E-state index is 13.6. The third-order valence-electron chi connectivity index (χ3n) is 7.59. The standard InChI is InChI=1S/C31H31FN6O/c1-19(2)12-13-37-14-16-38(17-15-37)25-11-8-21(18-34-25)23-4-3-5-24-26(23)29-27(30(24)39)28(35-31(33)36-29)20-6-9-22(32)10-7-20/h3-11,18-19H,12-17H2,1-2H3,(H2,33,35,36). The molecular weight excluding hydrogens is 491 g/mol. The molecule has 39 heavy (non-hydrogen) atoms. The van der Waals surface area contributed by atoms with Gasteiger partial charge >= 0.3 is 0 Å². The smallest absolute Gasteiger partial charge is 0.221 e. The summed E-state index contributed by atoms with van der Waals surface area (Å²) in [5.74, 6) is 1.21. The minimum atomic E-state index is -0.363. The van der Waals surface area contributed by atoms with Crippen LogP contribution in [0.3, 0.4) is 0 Å². The molecule has 8 heteroatoms. The Bertz CT molecular complexity index is 1530. The van der Waals surface area contributed by atoms with Crippen LogP contribution in [0.2, 0.25) is 0 Å². The summed E-state index contributed by atoms with van der Waals surface area (Å²) in [5.41, 5.74) is 11.0. The lowest BCUT2D eigenvalue weighted by Crippen LogP contribution is -2.47. The summed E-state index contributed by atoms with van der Waals surface area (Å²) in [4.78, 5) is 32.1. The van der Waals surface area contributed by atoms with Crippen molar-refractivity contribution in [2.24, 2.45) is 5.92 Å². The van der Waals surface area contributed by atoms with Crippen molar-refractivity contribution >= 4 is 17.5 Å². The number of halogens is 1. The van der Waals surface area contributed by atoms with Gasteiger partial charge in [0.2, 0.25) is 5.95 Å². The van der Waals surface area contributed by atoms with Gasteiger partial charge in [0.1, 0.15) is 11.6 Å². The second-order valence-electron chi connectivity index (χ2n) is 10.6. The maximum absolute atomic E-state index is 13.6. The van der Waals surface area contributed by atoms with Gasteiger partial charge in [0.05, 0.1) is 17.0 Å². The number of piperazine rings is 1. The Morgan fingerprint density at radius 3 is 2.26 bits per heavy atom. The fraction of sp³-hybridized carbons (Fsp3) is 0.290. The van der Waals surface area contributed by atoms with Crippen molar-refractivity contribution in [3.8, 4) is 33.6 Å². The molecule has 0 unspecified atom stereocenters. The lowest BCUT2D eigenvalue weighted by molar-refractivity contribution is 0.104. The van der Waals surface area contributed by atoms with Crippen molar-refractivity contribution in [3.63, 3.8) is 0 Å². The van der Waals surface area contributed by atoms with Gasteiger partial charge in [0.15, 0.2) is 5.78 Å². The van der Waals surface area contributed by atoms with Gasteiger partial charge in [-0.25, -0.2) is 19.3 Å². The van der Waals surface area contributed by atoms with Crippen LogP contribution in [-0.4, -0.2) is 58.4 Å². The molecular formula is C31H31FN6O. The fourth-order valence-electron chi connectivity index (χ4n) is 5.44. The van der Waals surface area contributed by atoms with Crippen LogP contribution < -0.4 is 10.6 Å². The van der Waals surface area contributed by atoms with Crippen molar-refractivity contribution in [3.05, 3.63) is 77.7 Å². The minimum Gasteiger partial charge on any atom is -0.368 e. The Morgan fingerprint density at radius 1 is 0.872 bits per heavy atom. The number of nitrogens with two attached hydrogens (primary N) is 1. The SMILES string of the molecule is CC(C)CCN1CCN(c2ccc(-c3cccc4c3-c3nc(N)nc(-c5ccc(F)cc5)c3C4=O)cn2)CC1. The highest BCUT2D eigenvalue weighted by atomic mass is 19.1. The molecule has 0 bridgehead atoms. The molecule has 0 spiro atoms. The number of hydrogen-bond acceptors (Lipinski definition) is 7. The van der Waals surface area contributed by atoms with E-state index < -0.39 is 0 Å². The Hall–Kier alpha value is -4.17. The largest absolute Gasteiger partial charge is 0.368 e. The molecule has 1 aliphatic heterocycles. The number of carbonyl (C=O) groups excluding carboxylic acids is 1. The van der Waals surface area contributed by atoms with E-state index in [9.17, 15) is 9.18 Å². The minimum absolute atomic E-state index is 0.0598. The van der Waals surface area contributed by atoms with Crippen LogP contribution in [0.25, 0.3) is 33.6 Å². The Balaban J connectivity index is 1.31. The van der Waals surface area contributed by atoms with E-state index in [0.29, 0.717) is 28.1 Å². The molecule has 0 saturated carbocycles. The number of ketones is 1. The van der Waals surface area contributed by atoms with Crippen molar-refractivity contribution in [1.82, 2.24) is 19.9 Å². The highest BCUT2D eigenvalue weighted by molar-refractivity contribution is 6.25. The summed E-state index contributed by atoms with van der Waals surface area (Å²) in [6, 6.07) is 15.6. The number of anilines is 2. The van der Waals surface area contributed by atoms with Crippen molar-refractivity contribution in [2.45, 2.75) is 20.3 Å². The van der Waals surface area contributed by atoms with Crippen molar-refractivity contribution in [2.75, 3.05) is 43.4 Å². The van der Waals surface area contributed by atoms with Crippen LogP contribution in [0.15, 0.2) is 60.8 Å². The zero-order valence-electron chi connectivity index (χ0n) is 22.2. The lowest BCUT2D eigenvalue weighted by atomic mass is 9.97. The van der Waals surface area contributed by atoms with Gasteiger partial charge in [-0.1, -0.05) is 32.0 Å². The molecule has 3 heterocycles. The van der Waals surface area contributed by atoms with Crippen LogP contribution in [0.1, 0.15) is 36.2 Å². The summed E-state index contributed by atoms with van der Waals surface area (Å²) < 4.78 is 13.6. The average molecular weight is 523 g/mol. The number of rotatable bonds is 6. The van der Waals surface area contributed by atoms with Crippen LogP contribution in [0, 0.1) is 11.7 Å². The van der Waals surface area contributed by atoms with E-state index in [0.717, 1.165) is 61.1 Å². The molecule has 2 aromatic heterocycles. The van der Waals surface area contributed by atoms with E-state index in [4.69, 9.17) is 10.7 Å².